The van der Waals surface area contributed by atoms with Crippen molar-refractivity contribution < 1.29 is 19.1 Å². The smallest absolute Gasteiger partial charge is 0.354 e. The summed E-state index contributed by atoms with van der Waals surface area (Å²) in [6.07, 6.45) is 1.20. The maximum absolute atomic E-state index is 12.5. The normalized spacial score (nSPS) is 10.9. The van der Waals surface area contributed by atoms with Gasteiger partial charge in [0.15, 0.2) is 11.4 Å². The molecule has 7 heteroatoms. The van der Waals surface area contributed by atoms with Gasteiger partial charge in [-0.2, -0.15) is 0 Å². The number of carboxylic acid groups (broad SMARTS) is 1. The molecule has 2 aromatic heterocycles. The van der Waals surface area contributed by atoms with Crippen molar-refractivity contribution in [1.29, 1.82) is 0 Å². The molecular weight excluding hydrogens is 274 g/mol. The largest absolute Gasteiger partial charge is 0.477 e. The van der Waals surface area contributed by atoms with Gasteiger partial charge in [0.2, 0.25) is 0 Å². The van der Waals surface area contributed by atoms with Crippen LogP contribution in [0.2, 0.25) is 0 Å². The molecule has 0 aliphatic rings. The number of imidazole rings is 1. The van der Waals surface area contributed by atoms with E-state index in [4.69, 9.17) is 9.52 Å². The summed E-state index contributed by atoms with van der Waals surface area (Å²) in [4.78, 5) is 31.4. The molecular formula is C14H17N3O4. The van der Waals surface area contributed by atoms with Crippen LogP contribution in [0.1, 0.15) is 46.3 Å². The number of nitrogens with zero attached hydrogens (tertiary/aromatic N) is 2. The van der Waals surface area contributed by atoms with Gasteiger partial charge in [-0.15, -0.1) is 0 Å². The van der Waals surface area contributed by atoms with Crippen LogP contribution in [-0.2, 0) is 6.54 Å². The number of carboxylic acids is 1. The number of furan rings is 1. The van der Waals surface area contributed by atoms with Crippen LogP contribution in [-0.4, -0.2) is 37.9 Å². The number of aromatic carboxylic acids is 1. The summed E-state index contributed by atoms with van der Waals surface area (Å²) in [5, 5.41) is 9.06. The molecule has 0 aromatic carbocycles. The number of aromatic nitrogens is 2. The van der Waals surface area contributed by atoms with Crippen LogP contribution in [0.25, 0.3) is 0 Å². The summed E-state index contributed by atoms with van der Waals surface area (Å²) in [5.74, 6) is -0.264. The first-order valence-electron chi connectivity index (χ1n) is 6.53. The molecule has 0 unspecified atom stereocenters. The lowest BCUT2D eigenvalue weighted by Gasteiger charge is -2.25. The number of carbonyl (C=O) groups excluding carboxylic acids is 1. The first-order chi connectivity index (χ1) is 9.90. The third-order valence-corrected chi connectivity index (χ3v) is 3.06. The van der Waals surface area contributed by atoms with E-state index in [1.807, 2.05) is 26.8 Å². The zero-order valence-electron chi connectivity index (χ0n) is 12.1. The molecule has 2 aromatic rings. The minimum Gasteiger partial charge on any atom is -0.477 e. The number of hydrogen-bond donors (Lipinski definition) is 2. The van der Waals surface area contributed by atoms with Crippen LogP contribution in [0.3, 0.4) is 0 Å². The van der Waals surface area contributed by atoms with Gasteiger partial charge in [-0.05, 0) is 32.9 Å². The summed E-state index contributed by atoms with van der Waals surface area (Å²) in [6.45, 7) is 5.78. The van der Waals surface area contributed by atoms with Crippen molar-refractivity contribution in [2.24, 2.45) is 0 Å². The summed E-state index contributed by atoms with van der Waals surface area (Å²) < 4.78 is 5.47. The number of nitrogens with one attached hydrogen (secondary N) is 1. The van der Waals surface area contributed by atoms with Gasteiger partial charge in [0.05, 0.1) is 12.9 Å². The van der Waals surface area contributed by atoms with Crippen molar-refractivity contribution in [3.05, 3.63) is 41.4 Å². The molecule has 2 rings (SSSR count). The van der Waals surface area contributed by atoms with Gasteiger partial charge in [0, 0.05) is 6.04 Å². The van der Waals surface area contributed by atoms with E-state index in [1.54, 1.807) is 6.07 Å². The molecule has 0 spiro atoms. The lowest BCUT2D eigenvalue weighted by molar-refractivity contribution is 0.0635. The number of amides is 1. The van der Waals surface area contributed by atoms with E-state index in [9.17, 15) is 9.59 Å². The Morgan fingerprint density at radius 3 is 2.67 bits per heavy atom. The first-order valence-corrected chi connectivity index (χ1v) is 6.53. The van der Waals surface area contributed by atoms with Gasteiger partial charge in [-0.3, -0.25) is 4.79 Å². The second kappa shape index (κ2) is 5.82. The molecule has 0 atom stereocenters. The standard InChI is InChI=1S/C14H17N3O4/c1-8(2)17(6-10-5-4-9(3)21-10)13(18)11-12(14(19)20)16-7-15-11/h4-5,7-8H,6H2,1-3H3,(H,15,16)(H,19,20). The fraction of sp³-hybridized carbons (Fsp3) is 0.357. The van der Waals surface area contributed by atoms with Crippen molar-refractivity contribution in [3.8, 4) is 0 Å². The lowest BCUT2D eigenvalue weighted by Crippen LogP contribution is -2.37. The van der Waals surface area contributed by atoms with Crippen molar-refractivity contribution in [2.75, 3.05) is 0 Å². The second-order valence-corrected chi connectivity index (χ2v) is 4.97. The predicted molar refractivity (Wildman–Crippen MR) is 74.0 cm³/mol. The fourth-order valence-electron chi connectivity index (χ4n) is 1.98. The molecule has 0 aliphatic carbocycles. The third kappa shape index (κ3) is 3.13. The molecule has 0 bridgehead atoms. The van der Waals surface area contributed by atoms with Crippen molar-refractivity contribution in [1.82, 2.24) is 14.9 Å². The highest BCUT2D eigenvalue weighted by atomic mass is 16.4. The number of aromatic amines is 1. The highest BCUT2D eigenvalue weighted by Crippen LogP contribution is 2.16. The Morgan fingerprint density at radius 2 is 2.14 bits per heavy atom. The Bertz CT molecular complexity index is 657. The van der Waals surface area contributed by atoms with Gasteiger partial charge < -0.3 is 19.4 Å². The van der Waals surface area contributed by atoms with E-state index in [0.717, 1.165) is 5.76 Å². The minimum absolute atomic E-state index is 0.0977. The van der Waals surface area contributed by atoms with Crippen molar-refractivity contribution in [2.45, 2.75) is 33.4 Å². The molecule has 0 saturated heterocycles. The Kier molecular flexibility index (Phi) is 4.11. The molecule has 2 N–H and O–H groups in total. The number of H-pyrrole nitrogens is 1. The molecule has 1 amide bonds. The molecule has 21 heavy (non-hydrogen) atoms. The van der Waals surface area contributed by atoms with E-state index >= 15 is 0 Å². The number of aryl methyl sites for hydroxylation is 1. The summed E-state index contributed by atoms with van der Waals surface area (Å²) in [6, 6.07) is 3.48. The molecule has 0 radical (unpaired) electrons. The Hall–Kier alpha value is -2.57. The highest BCUT2D eigenvalue weighted by molar-refractivity contribution is 6.02. The molecule has 2 heterocycles. The van der Waals surface area contributed by atoms with E-state index < -0.39 is 11.9 Å². The van der Waals surface area contributed by atoms with E-state index in [0.29, 0.717) is 5.76 Å². The highest BCUT2D eigenvalue weighted by Gasteiger charge is 2.27. The first kappa shape index (κ1) is 14.8. The van der Waals surface area contributed by atoms with Gasteiger partial charge >= 0.3 is 5.97 Å². The van der Waals surface area contributed by atoms with Crippen molar-refractivity contribution in [3.63, 3.8) is 0 Å². The Labute approximate surface area is 121 Å². The zero-order chi connectivity index (χ0) is 15.6. The van der Waals surface area contributed by atoms with Crippen LogP contribution < -0.4 is 0 Å². The molecule has 0 fully saturated rings. The fourth-order valence-corrected chi connectivity index (χ4v) is 1.98. The predicted octanol–water partition coefficient (Wildman–Crippen LogP) is 2.06. The van der Waals surface area contributed by atoms with Crippen LogP contribution in [0, 0.1) is 6.92 Å². The SMILES string of the molecule is Cc1ccc(CN(C(=O)c2nc[nH]c2C(=O)O)C(C)C)o1. The Balaban J connectivity index is 2.27. The molecule has 0 aliphatic heterocycles. The summed E-state index contributed by atoms with van der Waals surface area (Å²) in [5.41, 5.74) is -0.305. The quantitative estimate of drug-likeness (QED) is 0.878. The molecule has 112 valence electrons. The number of carbonyl (C=O) groups is 2. The van der Waals surface area contributed by atoms with Crippen LogP contribution in [0.4, 0.5) is 0 Å². The minimum atomic E-state index is -1.21. The summed E-state index contributed by atoms with van der Waals surface area (Å²) >= 11 is 0. The topological polar surface area (TPSA) is 99.4 Å². The number of hydrogen-bond acceptors (Lipinski definition) is 4. The van der Waals surface area contributed by atoms with Crippen molar-refractivity contribution >= 4 is 11.9 Å². The molecule has 7 nitrogen and oxygen atoms in total. The maximum Gasteiger partial charge on any atom is 0.354 e. The molecule has 0 saturated carbocycles. The van der Waals surface area contributed by atoms with Gasteiger partial charge in [0.25, 0.3) is 5.91 Å². The van der Waals surface area contributed by atoms with Gasteiger partial charge in [0.1, 0.15) is 11.5 Å². The average molecular weight is 291 g/mol. The van der Waals surface area contributed by atoms with Gasteiger partial charge in [-0.25, -0.2) is 9.78 Å². The van der Waals surface area contributed by atoms with Crippen LogP contribution in [0.15, 0.2) is 22.9 Å². The second-order valence-electron chi connectivity index (χ2n) is 4.97. The zero-order valence-corrected chi connectivity index (χ0v) is 12.1. The van der Waals surface area contributed by atoms with E-state index in [1.165, 1.54) is 11.2 Å². The average Bonchev–Trinajstić information content (AvgIpc) is 3.03. The summed E-state index contributed by atoms with van der Waals surface area (Å²) in [7, 11) is 0. The lowest BCUT2D eigenvalue weighted by atomic mass is 10.2. The van der Waals surface area contributed by atoms with E-state index in [-0.39, 0.29) is 24.0 Å². The Morgan fingerprint density at radius 1 is 1.43 bits per heavy atom. The van der Waals surface area contributed by atoms with Crippen LogP contribution >= 0.6 is 0 Å². The maximum atomic E-state index is 12.5. The monoisotopic (exact) mass is 291 g/mol. The van der Waals surface area contributed by atoms with Gasteiger partial charge in [-0.1, -0.05) is 0 Å². The number of rotatable bonds is 5. The van der Waals surface area contributed by atoms with E-state index in [2.05, 4.69) is 9.97 Å². The van der Waals surface area contributed by atoms with Crippen LogP contribution in [0.5, 0.6) is 0 Å². The third-order valence-electron chi connectivity index (χ3n) is 3.06.